The van der Waals surface area contributed by atoms with Crippen LogP contribution in [0.3, 0.4) is 0 Å². The third kappa shape index (κ3) is 7.12. The minimum absolute atomic E-state index is 1.25. The van der Waals surface area contributed by atoms with Crippen LogP contribution < -0.4 is 0 Å². The fourth-order valence-corrected chi connectivity index (χ4v) is 8.15. The Labute approximate surface area is 244 Å². The summed E-state index contributed by atoms with van der Waals surface area (Å²) < 4.78 is 0. The number of hydrogen-bond donors (Lipinski definition) is 0. The second-order valence-electron chi connectivity index (χ2n) is 9.38. The molecule has 0 N–H and O–H groups in total. The molecular weight excluding hydrogens is 537 g/mol. The van der Waals surface area contributed by atoms with E-state index in [1.807, 2.05) is 47.0 Å². The predicted octanol–water partition coefficient (Wildman–Crippen LogP) is 11.5. The van der Waals surface area contributed by atoms with E-state index < -0.39 is 0 Å². The van der Waals surface area contributed by atoms with Crippen LogP contribution in [0.25, 0.3) is 0 Å². The summed E-state index contributed by atoms with van der Waals surface area (Å²) in [5.74, 6) is 0. The molecule has 0 nitrogen and oxygen atoms in total. The van der Waals surface area contributed by atoms with Crippen molar-refractivity contribution in [3.8, 4) is 0 Å². The summed E-state index contributed by atoms with van der Waals surface area (Å²) in [5, 5.41) is 0. The fraction of sp³-hybridized carbons (Fsp3) is 0.118. The molecule has 0 unspecified atom stereocenters. The van der Waals surface area contributed by atoms with E-state index in [1.54, 1.807) is 0 Å². The molecule has 5 rings (SSSR count). The molecule has 0 spiro atoms. The lowest BCUT2D eigenvalue weighted by molar-refractivity contribution is 1.03. The summed E-state index contributed by atoms with van der Waals surface area (Å²) in [7, 11) is 0. The molecule has 0 saturated heterocycles. The molecule has 0 radical (unpaired) electrons. The molecule has 0 aliphatic heterocycles. The highest BCUT2D eigenvalue weighted by Gasteiger charge is 2.19. The van der Waals surface area contributed by atoms with Crippen molar-refractivity contribution in [3.63, 3.8) is 0 Å². The molecule has 5 aromatic rings. The van der Waals surface area contributed by atoms with Gasteiger partial charge in [0.1, 0.15) is 0 Å². The van der Waals surface area contributed by atoms with Gasteiger partial charge in [-0.25, -0.2) is 0 Å². The molecule has 0 aromatic heterocycles. The molecule has 0 heterocycles. The standard InChI is InChI=1S/C34H30S4/c1-23-5-13-27(14-6-23)35-31-21-22-32(36-28-15-7-24(2)8-16-28)34(38-30-19-11-26(4)12-20-30)33(31)37-29-17-9-25(3)10-18-29/h5-22H,1-4H3. The molecule has 0 fully saturated rings. The third-order valence-corrected chi connectivity index (χ3v) is 10.8. The van der Waals surface area contributed by atoms with Gasteiger partial charge in [-0.1, -0.05) is 118 Å². The first kappa shape index (κ1) is 27.1. The average molecular weight is 567 g/mol. The summed E-state index contributed by atoms with van der Waals surface area (Å²) in [6.07, 6.45) is 0. The number of hydrogen-bond acceptors (Lipinski definition) is 4. The first-order chi connectivity index (χ1) is 18.4. The number of rotatable bonds is 8. The SMILES string of the molecule is Cc1ccc(Sc2ccc(Sc3ccc(C)cc3)c(Sc3ccc(C)cc3)c2Sc2ccc(C)cc2)cc1. The number of aryl methyl sites for hydroxylation is 4. The van der Waals surface area contributed by atoms with Gasteiger partial charge in [0.2, 0.25) is 0 Å². The molecule has 5 aromatic carbocycles. The van der Waals surface area contributed by atoms with Crippen LogP contribution in [-0.4, -0.2) is 0 Å². The van der Waals surface area contributed by atoms with Crippen molar-refractivity contribution in [1.82, 2.24) is 0 Å². The van der Waals surface area contributed by atoms with Crippen molar-refractivity contribution >= 4 is 47.0 Å². The van der Waals surface area contributed by atoms with Crippen molar-refractivity contribution < 1.29 is 0 Å². The predicted molar refractivity (Wildman–Crippen MR) is 168 cm³/mol. The zero-order valence-electron chi connectivity index (χ0n) is 22.0. The Morgan fingerprint density at radius 2 is 0.526 bits per heavy atom. The third-order valence-electron chi connectivity index (χ3n) is 6.02. The molecule has 0 aliphatic rings. The van der Waals surface area contributed by atoms with Crippen LogP contribution in [-0.2, 0) is 0 Å². The van der Waals surface area contributed by atoms with Crippen molar-refractivity contribution in [1.29, 1.82) is 0 Å². The lowest BCUT2D eigenvalue weighted by atomic mass is 10.2. The average Bonchev–Trinajstić information content (AvgIpc) is 2.92. The maximum atomic E-state index is 2.30. The van der Waals surface area contributed by atoms with Gasteiger partial charge in [-0.15, -0.1) is 0 Å². The summed E-state index contributed by atoms with van der Waals surface area (Å²) in [4.78, 5) is 10.2. The minimum atomic E-state index is 1.25. The molecule has 0 amide bonds. The molecule has 190 valence electrons. The normalized spacial score (nSPS) is 11.1. The molecular formula is C34H30S4. The quantitative estimate of drug-likeness (QED) is 0.183. The van der Waals surface area contributed by atoms with Crippen LogP contribution in [0.15, 0.2) is 148 Å². The van der Waals surface area contributed by atoms with Crippen LogP contribution in [0.5, 0.6) is 0 Å². The summed E-state index contributed by atoms with van der Waals surface area (Å²) in [6.45, 7) is 8.57. The zero-order valence-corrected chi connectivity index (χ0v) is 25.3. The lowest BCUT2D eigenvalue weighted by Gasteiger charge is -2.18. The van der Waals surface area contributed by atoms with Crippen LogP contribution >= 0.6 is 47.0 Å². The van der Waals surface area contributed by atoms with E-state index in [9.17, 15) is 0 Å². The van der Waals surface area contributed by atoms with E-state index in [-0.39, 0.29) is 0 Å². The fourth-order valence-electron chi connectivity index (χ4n) is 3.80. The Hall–Kier alpha value is -2.50. The van der Waals surface area contributed by atoms with Gasteiger partial charge in [-0.2, -0.15) is 0 Å². The number of benzene rings is 5. The Kier molecular flexibility index (Phi) is 8.96. The van der Waals surface area contributed by atoms with Gasteiger partial charge in [-0.3, -0.25) is 0 Å². The second-order valence-corrected chi connectivity index (χ2v) is 13.8. The van der Waals surface area contributed by atoms with Gasteiger partial charge in [-0.05, 0) is 88.4 Å². The largest absolute Gasteiger partial charge is 0.0889 e. The molecule has 0 saturated carbocycles. The monoisotopic (exact) mass is 566 g/mol. The lowest BCUT2D eigenvalue weighted by Crippen LogP contribution is -1.90. The van der Waals surface area contributed by atoms with Crippen LogP contribution in [0.2, 0.25) is 0 Å². The highest BCUT2D eigenvalue weighted by Crippen LogP contribution is 2.50. The molecule has 0 bridgehead atoms. The zero-order chi connectivity index (χ0) is 26.5. The molecule has 0 atom stereocenters. The van der Waals surface area contributed by atoms with Gasteiger partial charge < -0.3 is 0 Å². The van der Waals surface area contributed by atoms with E-state index >= 15 is 0 Å². The van der Waals surface area contributed by atoms with Crippen molar-refractivity contribution in [2.24, 2.45) is 0 Å². The minimum Gasteiger partial charge on any atom is -0.0889 e. The Morgan fingerprint density at radius 1 is 0.289 bits per heavy atom. The van der Waals surface area contributed by atoms with Gasteiger partial charge >= 0.3 is 0 Å². The van der Waals surface area contributed by atoms with Gasteiger partial charge in [0.15, 0.2) is 0 Å². The smallest absolute Gasteiger partial charge is 0.0413 e. The Balaban J connectivity index is 1.63. The van der Waals surface area contributed by atoms with E-state index in [4.69, 9.17) is 0 Å². The molecule has 38 heavy (non-hydrogen) atoms. The van der Waals surface area contributed by atoms with E-state index in [2.05, 4.69) is 137 Å². The second kappa shape index (κ2) is 12.6. The maximum absolute atomic E-state index is 2.30. The van der Waals surface area contributed by atoms with Gasteiger partial charge in [0.25, 0.3) is 0 Å². The topological polar surface area (TPSA) is 0 Å². The first-order valence-corrected chi connectivity index (χ1v) is 15.8. The highest BCUT2D eigenvalue weighted by molar-refractivity contribution is 8.05. The van der Waals surface area contributed by atoms with Crippen molar-refractivity contribution in [3.05, 3.63) is 131 Å². The Morgan fingerprint density at radius 3 is 0.789 bits per heavy atom. The van der Waals surface area contributed by atoms with Gasteiger partial charge in [0.05, 0.1) is 0 Å². The van der Waals surface area contributed by atoms with Gasteiger partial charge in [0, 0.05) is 39.2 Å². The maximum Gasteiger partial charge on any atom is 0.0413 e. The first-order valence-electron chi connectivity index (χ1n) is 12.6. The highest BCUT2D eigenvalue weighted by atomic mass is 32.2. The Bertz CT molecular complexity index is 1380. The van der Waals surface area contributed by atoms with E-state index in [1.165, 1.54) is 61.4 Å². The van der Waals surface area contributed by atoms with Crippen LogP contribution in [0, 0.1) is 27.7 Å². The summed E-state index contributed by atoms with van der Waals surface area (Å²) >= 11 is 7.43. The molecule has 4 heteroatoms. The molecule has 0 aliphatic carbocycles. The van der Waals surface area contributed by atoms with E-state index in [0.29, 0.717) is 0 Å². The van der Waals surface area contributed by atoms with Crippen LogP contribution in [0.4, 0.5) is 0 Å². The summed E-state index contributed by atoms with van der Waals surface area (Å²) in [5.41, 5.74) is 5.12. The van der Waals surface area contributed by atoms with E-state index in [0.717, 1.165) is 0 Å². The van der Waals surface area contributed by atoms with Crippen molar-refractivity contribution in [2.45, 2.75) is 66.9 Å². The summed E-state index contributed by atoms with van der Waals surface area (Å²) in [6, 6.07) is 40.0. The van der Waals surface area contributed by atoms with Crippen molar-refractivity contribution in [2.75, 3.05) is 0 Å². The van der Waals surface area contributed by atoms with Crippen LogP contribution in [0.1, 0.15) is 22.3 Å².